The van der Waals surface area contributed by atoms with Crippen LogP contribution in [0.15, 0.2) is 36.9 Å². The minimum atomic E-state index is -0.835. The molecule has 0 fully saturated rings. The summed E-state index contributed by atoms with van der Waals surface area (Å²) in [6.45, 7) is 7.45. The van der Waals surface area contributed by atoms with Crippen LogP contribution < -0.4 is 0 Å². The van der Waals surface area contributed by atoms with Gasteiger partial charge in [-0.2, -0.15) is 0 Å². The second kappa shape index (κ2) is 7.97. The van der Waals surface area contributed by atoms with Gasteiger partial charge in [-0.25, -0.2) is 4.79 Å². The molecular weight excluding hydrogens is 360 g/mol. The number of aryl methyl sites for hydroxylation is 1. The normalized spacial score (nSPS) is 10.4. The lowest BCUT2D eigenvalue weighted by Gasteiger charge is -2.07. The smallest absolute Gasteiger partial charge is 0.338 e. The first kappa shape index (κ1) is 19.4. The Morgan fingerprint density at radius 1 is 1.35 bits per heavy atom. The molecule has 7 nitrogen and oxygen atoms in total. The molecule has 1 aromatic heterocycles. The van der Waals surface area contributed by atoms with Crippen LogP contribution in [0, 0.1) is 24.0 Å². The Morgan fingerprint density at radius 3 is 2.65 bits per heavy atom. The van der Waals surface area contributed by atoms with Crippen molar-refractivity contribution in [3.63, 3.8) is 0 Å². The van der Waals surface area contributed by atoms with Gasteiger partial charge < -0.3 is 9.30 Å². The van der Waals surface area contributed by atoms with E-state index in [1.54, 1.807) is 19.1 Å². The Hall–Kier alpha value is -2.93. The van der Waals surface area contributed by atoms with Crippen molar-refractivity contribution in [3.8, 4) is 0 Å². The topological polar surface area (TPSA) is 91.4 Å². The van der Waals surface area contributed by atoms with Crippen molar-refractivity contribution in [2.45, 2.75) is 20.4 Å². The van der Waals surface area contributed by atoms with Crippen molar-refractivity contribution < 1.29 is 19.2 Å². The average molecular weight is 377 g/mol. The fourth-order valence-electron chi connectivity index (χ4n) is 2.57. The molecule has 0 atom stereocenters. The van der Waals surface area contributed by atoms with Crippen molar-refractivity contribution >= 4 is 29.0 Å². The first-order valence-corrected chi connectivity index (χ1v) is 8.06. The van der Waals surface area contributed by atoms with Crippen LogP contribution in [0.5, 0.6) is 0 Å². The lowest BCUT2D eigenvalue weighted by molar-refractivity contribution is -0.384. The molecule has 0 aliphatic heterocycles. The van der Waals surface area contributed by atoms with Crippen LogP contribution in [-0.4, -0.2) is 27.8 Å². The summed E-state index contributed by atoms with van der Waals surface area (Å²) in [7, 11) is 0. The number of nitrogens with zero attached hydrogens (tertiary/aromatic N) is 2. The van der Waals surface area contributed by atoms with E-state index in [9.17, 15) is 19.7 Å². The van der Waals surface area contributed by atoms with Crippen LogP contribution >= 0.6 is 11.6 Å². The van der Waals surface area contributed by atoms with E-state index in [-0.39, 0.29) is 16.4 Å². The van der Waals surface area contributed by atoms with E-state index in [0.717, 1.165) is 17.5 Å². The molecular formula is C18H17ClN2O5. The summed E-state index contributed by atoms with van der Waals surface area (Å²) in [6, 6.07) is 5.28. The zero-order valence-electron chi connectivity index (χ0n) is 14.3. The third kappa shape index (κ3) is 4.00. The molecule has 0 amide bonds. The lowest BCUT2D eigenvalue weighted by atomic mass is 10.1. The van der Waals surface area contributed by atoms with Crippen molar-refractivity contribution in [3.05, 3.63) is 74.6 Å². The number of ether oxygens (including phenoxy) is 1. The van der Waals surface area contributed by atoms with Crippen LogP contribution in [0.4, 0.5) is 5.69 Å². The van der Waals surface area contributed by atoms with Crippen molar-refractivity contribution in [2.24, 2.45) is 0 Å². The number of allylic oxidation sites excluding steroid dienone is 1. The summed E-state index contributed by atoms with van der Waals surface area (Å²) < 4.78 is 6.92. The van der Waals surface area contributed by atoms with Crippen molar-refractivity contribution in [1.82, 2.24) is 4.57 Å². The largest absolute Gasteiger partial charge is 0.454 e. The van der Waals surface area contributed by atoms with E-state index in [4.69, 9.17) is 16.3 Å². The van der Waals surface area contributed by atoms with E-state index < -0.39 is 23.2 Å². The highest BCUT2D eigenvalue weighted by Crippen LogP contribution is 2.25. The molecule has 0 spiro atoms. The van der Waals surface area contributed by atoms with Gasteiger partial charge >= 0.3 is 5.97 Å². The molecule has 2 aromatic rings. The number of rotatable bonds is 7. The number of carbonyl (C=O) groups excluding carboxylic acids is 2. The number of hydrogen-bond donors (Lipinski definition) is 0. The highest BCUT2D eigenvalue weighted by molar-refractivity contribution is 6.32. The van der Waals surface area contributed by atoms with E-state index >= 15 is 0 Å². The second-order valence-corrected chi connectivity index (χ2v) is 6.01. The second-order valence-electron chi connectivity index (χ2n) is 5.61. The Kier molecular flexibility index (Phi) is 5.94. The molecule has 0 saturated heterocycles. The maximum Gasteiger partial charge on any atom is 0.338 e. The molecule has 1 aromatic carbocycles. The molecule has 1 heterocycles. The van der Waals surface area contributed by atoms with E-state index in [1.807, 2.05) is 11.5 Å². The van der Waals surface area contributed by atoms with Crippen LogP contribution in [0.2, 0.25) is 5.02 Å². The van der Waals surface area contributed by atoms with Crippen molar-refractivity contribution in [2.75, 3.05) is 6.61 Å². The van der Waals surface area contributed by atoms with Gasteiger partial charge in [-0.05, 0) is 32.0 Å². The quantitative estimate of drug-likeness (QED) is 0.240. The number of carbonyl (C=O) groups is 2. The van der Waals surface area contributed by atoms with E-state index in [1.165, 1.54) is 12.1 Å². The van der Waals surface area contributed by atoms with Gasteiger partial charge in [0.2, 0.25) is 5.78 Å². The number of Topliss-reactive ketones (excluding diaryl/α,β-unsaturated/α-hetero) is 1. The summed E-state index contributed by atoms with van der Waals surface area (Å²) >= 11 is 5.71. The minimum Gasteiger partial charge on any atom is -0.454 e. The van der Waals surface area contributed by atoms with Crippen LogP contribution in [-0.2, 0) is 11.3 Å². The molecule has 2 rings (SSSR count). The molecule has 8 heteroatoms. The van der Waals surface area contributed by atoms with E-state index in [0.29, 0.717) is 12.1 Å². The maximum absolute atomic E-state index is 12.4. The molecule has 26 heavy (non-hydrogen) atoms. The Morgan fingerprint density at radius 2 is 2.04 bits per heavy atom. The number of ketones is 1. The zero-order valence-corrected chi connectivity index (χ0v) is 15.1. The standard InChI is InChI=1S/C18H17ClN2O5/c1-4-7-20-11(2)8-14(12(20)3)17(22)10-26-18(23)13-5-6-15(19)16(9-13)21(24)25/h4-6,8-9H,1,7,10H2,2-3H3. The Labute approximate surface area is 155 Å². The Bertz CT molecular complexity index is 901. The summed E-state index contributed by atoms with van der Waals surface area (Å²) in [4.78, 5) is 34.6. The monoisotopic (exact) mass is 376 g/mol. The van der Waals surface area contributed by atoms with Gasteiger partial charge in [-0.15, -0.1) is 6.58 Å². The summed E-state index contributed by atoms with van der Waals surface area (Å²) in [5.41, 5.74) is 1.65. The van der Waals surface area contributed by atoms with Crippen molar-refractivity contribution in [1.29, 1.82) is 0 Å². The first-order valence-electron chi connectivity index (χ1n) is 7.68. The molecule has 136 valence electrons. The molecule has 0 bridgehead atoms. The zero-order chi connectivity index (χ0) is 19.4. The number of nitro groups is 1. The summed E-state index contributed by atoms with van der Waals surface area (Å²) in [5, 5.41) is 10.8. The summed E-state index contributed by atoms with van der Waals surface area (Å²) in [6.07, 6.45) is 1.72. The predicted octanol–water partition coefficient (Wildman–Crippen LogP) is 3.89. The summed E-state index contributed by atoms with van der Waals surface area (Å²) in [5.74, 6) is -1.19. The fraction of sp³-hybridized carbons (Fsp3) is 0.222. The molecule has 0 aliphatic carbocycles. The highest BCUT2D eigenvalue weighted by atomic mass is 35.5. The number of halogens is 1. The maximum atomic E-state index is 12.4. The molecule has 0 N–H and O–H groups in total. The lowest BCUT2D eigenvalue weighted by Crippen LogP contribution is -2.15. The molecule has 0 radical (unpaired) electrons. The molecule has 0 aliphatic rings. The fourth-order valence-corrected chi connectivity index (χ4v) is 2.75. The SMILES string of the molecule is C=CCn1c(C)cc(C(=O)COC(=O)c2ccc(Cl)c([N+](=O)[O-])c2)c1C. The van der Waals surface area contributed by atoms with E-state index in [2.05, 4.69) is 6.58 Å². The third-order valence-corrected chi connectivity index (χ3v) is 4.22. The van der Waals surface area contributed by atoms with Gasteiger partial charge in [0.25, 0.3) is 5.69 Å². The molecule has 0 saturated carbocycles. The van der Waals surface area contributed by atoms with Gasteiger partial charge in [0.15, 0.2) is 6.61 Å². The van der Waals surface area contributed by atoms with Crippen LogP contribution in [0.1, 0.15) is 32.1 Å². The minimum absolute atomic E-state index is 0.0500. The first-order chi connectivity index (χ1) is 12.3. The van der Waals surface area contributed by atoms with Gasteiger partial charge in [0.05, 0.1) is 10.5 Å². The highest BCUT2D eigenvalue weighted by Gasteiger charge is 2.20. The molecule has 0 unspecified atom stereocenters. The number of benzene rings is 1. The van der Waals surface area contributed by atoms with Gasteiger partial charge in [0.1, 0.15) is 5.02 Å². The average Bonchev–Trinajstić information content (AvgIpc) is 2.88. The number of aromatic nitrogens is 1. The van der Waals surface area contributed by atoms with Crippen LogP contribution in [0.25, 0.3) is 0 Å². The Balaban J connectivity index is 2.11. The van der Waals surface area contributed by atoms with Gasteiger partial charge in [-0.1, -0.05) is 17.7 Å². The number of esters is 1. The van der Waals surface area contributed by atoms with Gasteiger partial charge in [-0.3, -0.25) is 14.9 Å². The number of hydrogen-bond acceptors (Lipinski definition) is 5. The predicted molar refractivity (Wildman–Crippen MR) is 96.8 cm³/mol. The number of nitro benzene ring substituents is 1. The van der Waals surface area contributed by atoms with Crippen LogP contribution in [0.3, 0.4) is 0 Å². The third-order valence-electron chi connectivity index (χ3n) is 3.90. The van der Waals surface area contributed by atoms with Gasteiger partial charge in [0, 0.05) is 29.6 Å².